The predicted octanol–water partition coefficient (Wildman–Crippen LogP) is 2.45. The molecule has 1 aromatic rings. The lowest BCUT2D eigenvalue weighted by Crippen LogP contribution is -2.39. The third-order valence-corrected chi connectivity index (χ3v) is 2.70. The SMILES string of the molecule is C/C(C[C@@H](C)N(O)C(=O)Nc1cccc([N+](=O)[O-])c1)=N/O. The molecule has 9 heteroatoms. The van der Waals surface area contributed by atoms with Crippen LogP contribution in [0.2, 0.25) is 0 Å². The van der Waals surface area contributed by atoms with Crippen molar-refractivity contribution in [3.63, 3.8) is 0 Å². The van der Waals surface area contributed by atoms with E-state index in [1.165, 1.54) is 24.3 Å². The molecule has 0 fully saturated rings. The molecule has 1 aromatic carbocycles. The summed E-state index contributed by atoms with van der Waals surface area (Å²) in [5.74, 6) is 0. The molecule has 0 saturated carbocycles. The smallest absolute Gasteiger partial charge is 0.345 e. The number of hydroxylamine groups is 2. The molecule has 1 rings (SSSR count). The molecule has 0 radical (unpaired) electrons. The van der Waals surface area contributed by atoms with Gasteiger partial charge >= 0.3 is 6.03 Å². The molecule has 0 aromatic heterocycles. The number of benzene rings is 1. The molecule has 9 nitrogen and oxygen atoms in total. The van der Waals surface area contributed by atoms with E-state index in [-0.39, 0.29) is 17.8 Å². The predicted molar refractivity (Wildman–Crippen MR) is 74.7 cm³/mol. The van der Waals surface area contributed by atoms with Gasteiger partial charge in [0.15, 0.2) is 0 Å². The van der Waals surface area contributed by atoms with Crippen molar-refractivity contribution in [1.29, 1.82) is 0 Å². The zero-order chi connectivity index (χ0) is 16.0. The Balaban J connectivity index is 2.72. The Bertz CT molecular complexity index is 560. The maximum absolute atomic E-state index is 11.8. The van der Waals surface area contributed by atoms with Gasteiger partial charge in [0.05, 0.1) is 16.7 Å². The van der Waals surface area contributed by atoms with Crippen LogP contribution in [0.15, 0.2) is 29.4 Å². The van der Waals surface area contributed by atoms with Crippen LogP contribution in [0.3, 0.4) is 0 Å². The van der Waals surface area contributed by atoms with Gasteiger partial charge in [-0.2, -0.15) is 0 Å². The molecule has 0 aliphatic heterocycles. The van der Waals surface area contributed by atoms with Gasteiger partial charge in [-0.1, -0.05) is 11.2 Å². The Labute approximate surface area is 120 Å². The number of carbonyl (C=O) groups excluding carboxylic acids is 1. The highest BCUT2D eigenvalue weighted by Gasteiger charge is 2.19. The van der Waals surface area contributed by atoms with E-state index in [4.69, 9.17) is 5.21 Å². The first-order valence-electron chi connectivity index (χ1n) is 6.06. The maximum atomic E-state index is 11.8. The number of rotatable bonds is 5. The second-order valence-corrected chi connectivity index (χ2v) is 4.47. The zero-order valence-corrected chi connectivity index (χ0v) is 11.6. The largest absolute Gasteiger partial charge is 0.411 e. The van der Waals surface area contributed by atoms with E-state index in [0.717, 1.165) is 0 Å². The van der Waals surface area contributed by atoms with E-state index >= 15 is 0 Å². The van der Waals surface area contributed by atoms with E-state index in [2.05, 4.69) is 10.5 Å². The first-order chi connectivity index (χ1) is 9.85. The number of nitro benzene ring substituents is 1. The highest BCUT2D eigenvalue weighted by molar-refractivity contribution is 5.89. The summed E-state index contributed by atoms with van der Waals surface area (Å²) in [6, 6.07) is 3.88. The molecule has 0 aliphatic carbocycles. The van der Waals surface area contributed by atoms with Crippen molar-refractivity contribution in [2.75, 3.05) is 5.32 Å². The summed E-state index contributed by atoms with van der Waals surface area (Å²) < 4.78 is 0. The van der Waals surface area contributed by atoms with Crippen LogP contribution in [0, 0.1) is 10.1 Å². The lowest BCUT2D eigenvalue weighted by molar-refractivity contribution is -0.384. The Hall–Kier alpha value is -2.68. The van der Waals surface area contributed by atoms with Crippen LogP contribution in [0.1, 0.15) is 20.3 Å². The third-order valence-electron chi connectivity index (χ3n) is 2.70. The Morgan fingerprint density at radius 3 is 2.81 bits per heavy atom. The van der Waals surface area contributed by atoms with Gasteiger partial charge in [0.25, 0.3) is 5.69 Å². The number of non-ortho nitro benzene ring substituents is 1. The Morgan fingerprint density at radius 1 is 1.57 bits per heavy atom. The van der Waals surface area contributed by atoms with Crippen molar-refractivity contribution in [3.05, 3.63) is 34.4 Å². The van der Waals surface area contributed by atoms with Crippen LogP contribution in [0.5, 0.6) is 0 Å². The number of nitrogens with one attached hydrogen (secondary N) is 1. The molecular weight excluding hydrogens is 280 g/mol. The van der Waals surface area contributed by atoms with Gasteiger partial charge in [-0.3, -0.25) is 15.3 Å². The number of carbonyl (C=O) groups is 1. The number of oxime groups is 1. The fourth-order valence-electron chi connectivity index (χ4n) is 1.63. The summed E-state index contributed by atoms with van der Waals surface area (Å²) in [6.45, 7) is 3.10. The number of hydrogen-bond donors (Lipinski definition) is 3. The van der Waals surface area contributed by atoms with Crippen molar-refractivity contribution in [2.45, 2.75) is 26.3 Å². The van der Waals surface area contributed by atoms with Crippen LogP contribution >= 0.6 is 0 Å². The molecule has 0 aliphatic rings. The van der Waals surface area contributed by atoms with Gasteiger partial charge in [-0.05, 0) is 19.9 Å². The second kappa shape index (κ2) is 7.20. The van der Waals surface area contributed by atoms with Crippen molar-refractivity contribution in [1.82, 2.24) is 5.06 Å². The summed E-state index contributed by atoms with van der Waals surface area (Å²) in [7, 11) is 0. The highest BCUT2D eigenvalue weighted by Crippen LogP contribution is 2.17. The zero-order valence-electron chi connectivity index (χ0n) is 11.6. The lowest BCUT2D eigenvalue weighted by Gasteiger charge is -2.22. The average molecular weight is 296 g/mol. The van der Waals surface area contributed by atoms with Gasteiger partial charge in [0, 0.05) is 24.2 Å². The van der Waals surface area contributed by atoms with Gasteiger partial charge < -0.3 is 10.5 Å². The molecule has 1 atom stereocenters. The Kier molecular flexibility index (Phi) is 5.61. The molecule has 21 heavy (non-hydrogen) atoms. The third kappa shape index (κ3) is 4.73. The molecular formula is C12H16N4O5. The first-order valence-corrected chi connectivity index (χ1v) is 6.06. The van der Waals surface area contributed by atoms with E-state index < -0.39 is 17.0 Å². The summed E-state index contributed by atoms with van der Waals surface area (Å²) in [5.41, 5.74) is 0.367. The van der Waals surface area contributed by atoms with Gasteiger partial charge in [-0.15, -0.1) is 0 Å². The van der Waals surface area contributed by atoms with E-state index in [1.807, 2.05) is 0 Å². The number of nitrogens with zero attached hydrogens (tertiary/aromatic N) is 3. The normalized spacial score (nSPS) is 12.6. The summed E-state index contributed by atoms with van der Waals surface area (Å²) in [6.07, 6.45) is 0.176. The van der Waals surface area contributed by atoms with Gasteiger partial charge in [-0.25, -0.2) is 9.86 Å². The lowest BCUT2D eigenvalue weighted by atomic mass is 10.2. The minimum absolute atomic E-state index is 0.173. The summed E-state index contributed by atoms with van der Waals surface area (Å²) in [4.78, 5) is 21.8. The molecule has 0 saturated heterocycles. The fraction of sp³-hybridized carbons (Fsp3) is 0.333. The number of urea groups is 1. The summed E-state index contributed by atoms with van der Waals surface area (Å²) >= 11 is 0. The summed E-state index contributed by atoms with van der Waals surface area (Å²) in [5, 5.41) is 34.6. The molecule has 0 bridgehead atoms. The van der Waals surface area contributed by atoms with Crippen LogP contribution in [0.4, 0.5) is 16.2 Å². The minimum Gasteiger partial charge on any atom is -0.411 e. The maximum Gasteiger partial charge on any atom is 0.345 e. The highest BCUT2D eigenvalue weighted by atomic mass is 16.6. The number of anilines is 1. The fourth-order valence-corrected chi connectivity index (χ4v) is 1.63. The van der Waals surface area contributed by atoms with Crippen LogP contribution in [0.25, 0.3) is 0 Å². The van der Waals surface area contributed by atoms with E-state index in [9.17, 15) is 20.1 Å². The topological polar surface area (TPSA) is 128 Å². The molecule has 3 N–H and O–H groups in total. The molecule has 0 unspecified atom stereocenters. The van der Waals surface area contributed by atoms with Gasteiger partial charge in [0.1, 0.15) is 0 Å². The molecule has 0 spiro atoms. The number of nitro groups is 1. The standard InChI is InChI=1S/C12H16N4O5/c1-8(14-18)6-9(2)15(19)12(17)13-10-4-3-5-11(7-10)16(20)21/h3-5,7,9,18-19H,6H2,1-2H3,(H,13,17)/b14-8-/t9-/m1/s1. The van der Waals surface area contributed by atoms with Crippen LogP contribution < -0.4 is 5.32 Å². The van der Waals surface area contributed by atoms with Crippen molar-refractivity contribution < 1.29 is 20.1 Å². The van der Waals surface area contributed by atoms with Crippen molar-refractivity contribution >= 4 is 23.1 Å². The number of amides is 2. The number of hydrogen-bond acceptors (Lipinski definition) is 6. The van der Waals surface area contributed by atoms with E-state index in [0.29, 0.717) is 10.8 Å². The quantitative estimate of drug-likeness (QED) is 0.253. The van der Waals surface area contributed by atoms with E-state index in [1.54, 1.807) is 13.8 Å². The molecule has 0 heterocycles. The Morgan fingerprint density at radius 2 is 2.24 bits per heavy atom. The molecule has 114 valence electrons. The van der Waals surface area contributed by atoms with Crippen molar-refractivity contribution in [3.8, 4) is 0 Å². The van der Waals surface area contributed by atoms with Crippen LogP contribution in [-0.4, -0.2) is 38.2 Å². The monoisotopic (exact) mass is 296 g/mol. The van der Waals surface area contributed by atoms with Crippen molar-refractivity contribution in [2.24, 2.45) is 5.16 Å². The second-order valence-electron chi connectivity index (χ2n) is 4.47. The first kappa shape index (κ1) is 16.4. The van der Waals surface area contributed by atoms with Gasteiger partial charge in [0.2, 0.25) is 0 Å². The van der Waals surface area contributed by atoms with Crippen LogP contribution in [-0.2, 0) is 0 Å². The minimum atomic E-state index is -0.839. The molecule has 2 amide bonds. The average Bonchev–Trinajstić information content (AvgIpc) is 2.46.